The predicted octanol–water partition coefficient (Wildman–Crippen LogP) is 2.77. The molecule has 2 unspecified atom stereocenters. The Morgan fingerprint density at radius 1 is 1.29 bits per heavy atom. The van der Waals surface area contributed by atoms with Crippen molar-refractivity contribution >= 4 is 12.1 Å². The summed E-state index contributed by atoms with van der Waals surface area (Å²) in [5.41, 5.74) is -0.501. The number of rotatable bonds is 10. The fourth-order valence-corrected chi connectivity index (χ4v) is 2.65. The molecule has 0 fully saturated rings. The normalized spacial score (nSPS) is 14.3. The van der Waals surface area contributed by atoms with Crippen LogP contribution in [0.4, 0.5) is 4.79 Å². The number of ether oxygens (including phenoxy) is 1. The number of amides is 1. The minimum Gasteiger partial charge on any atom is -0.444 e. The van der Waals surface area contributed by atoms with Crippen molar-refractivity contribution in [3.63, 3.8) is 0 Å². The Bertz CT molecular complexity index is 580. The van der Waals surface area contributed by atoms with E-state index in [-0.39, 0.29) is 6.04 Å². The lowest BCUT2D eigenvalue weighted by atomic mass is 10.1. The number of hydrogen-bond acceptors (Lipinski definition) is 4. The summed E-state index contributed by atoms with van der Waals surface area (Å²) in [5.74, 6) is 1.13. The van der Waals surface area contributed by atoms with Gasteiger partial charge in [-0.2, -0.15) is 5.10 Å². The highest BCUT2D eigenvalue weighted by Crippen LogP contribution is 2.07. The van der Waals surface area contributed by atoms with Crippen LogP contribution < -0.4 is 16.0 Å². The van der Waals surface area contributed by atoms with E-state index >= 15 is 0 Å². The van der Waals surface area contributed by atoms with Crippen molar-refractivity contribution in [3.05, 3.63) is 18.5 Å². The quantitative estimate of drug-likeness (QED) is 0.419. The standard InChI is InChI=1S/C20H38N6O2/c1-7-8-10-17(14-23-19(27)28-20(3,4)5)25-18(21-6)22-13-16(2)15-26-12-9-11-24-26/h9,11-12,16-17H,7-8,10,13-15H2,1-6H3,(H,23,27)(H2,21,22,25). The number of carbonyl (C=O) groups is 1. The minimum absolute atomic E-state index is 0.0834. The first-order chi connectivity index (χ1) is 13.2. The van der Waals surface area contributed by atoms with Gasteiger partial charge >= 0.3 is 6.09 Å². The lowest BCUT2D eigenvalue weighted by Gasteiger charge is -2.24. The van der Waals surface area contributed by atoms with Gasteiger partial charge in [-0.25, -0.2) is 4.79 Å². The van der Waals surface area contributed by atoms with Gasteiger partial charge in [-0.1, -0.05) is 26.7 Å². The van der Waals surface area contributed by atoms with Crippen molar-refractivity contribution in [2.45, 2.75) is 72.1 Å². The number of aliphatic imine (C=N–C) groups is 1. The first-order valence-corrected chi connectivity index (χ1v) is 10.1. The smallest absolute Gasteiger partial charge is 0.407 e. The van der Waals surface area contributed by atoms with Gasteiger partial charge in [0.2, 0.25) is 0 Å². The molecule has 3 N–H and O–H groups in total. The van der Waals surface area contributed by atoms with Gasteiger partial charge in [-0.3, -0.25) is 9.67 Å². The summed E-state index contributed by atoms with van der Waals surface area (Å²) < 4.78 is 7.25. The van der Waals surface area contributed by atoms with Crippen molar-refractivity contribution in [1.29, 1.82) is 0 Å². The zero-order valence-corrected chi connectivity index (χ0v) is 18.3. The fraction of sp³-hybridized carbons (Fsp3) is 0.750. The maximum atomic E-state index is 11.9. The van der Waals surface area contributed by atoms with E-state index in [0.717, 1.165) is 38.3 Å². The molecule has 0 spiro atoms. The molecule has 0 saturated heterocycles. The van der Waals surface area contributed by atoms with Gasteiger partial charge in [0.25, 0.3) is 0 Å². The Labute approximate surface area is 169 Å². The first-order valence-electron chi connectivity index (χ1n) is 10.1. The van der Waals surface area contributed by atoms with Gasteiger partial charge in [0.05, 0.1) is 0 Å². The van der Waals surface area contributed by atoms with Crippen LogP contribution in [-0.2, 0) is 11.3 Å². The van der Waals surface area contributed by atoms with Gasteiger partial charge in [0, 0.05) is 45.1 Å². The third-order valence-corrected chi connectivity index (χ3v) is 4.04. The van der Waals surface area contributed by atoms with Crippen molar-refractivity contribution in [1.82, 2.24) is 25.7 Å². The van der Waals surface area contributed by atoms with Gasteiger partial charge in [-0.05, 0) is 39.2 Å². The monoisotopic (exact) mass is 394 g/mol. The van der Waals surface area contributed by atoms with Crippen molar-refractivity contribution in [3.8, 4) is 0 Å². The molecule has 1 aromatic rings. The molecule has 0 bridgehead atoms. The summed E-state index contributed by atoms with van der Waals surface area (Å²) in [5, 5.41) is 13.9. The second-order valence-electron chi connectivity index (χ2n) is 8.15. The molecule has 0 saturated carbocycles. The van der Waals surface area contributed by atoms with Crippen molar-refractivity contribution < 1.29 is 9.53 Å². The maximum absolute atomic E-state index is 11.9. The van der Waals surface area contributed by atoms with Crippen LogP contribution in [0.1, 0.15) is 53.9 Å². The number of carbonyl (C=O) groups excluding carboxylic acids is 1. The van der Waals surface area contributed by atoms with E-state index in [9.17, 15) is 4.79 Å². The molecule has 1 aromatic heterocycles. The fourth-order valence-electron chi connectivity index (χ4n) is 2.65. The minimum atomic E-state index is -0.501. The van der Waals surface area contributed by atoms with Crippen molar-refractivity contribution in [2.24, 2.45) is 10.9 Å². The summed E-state index contributed by atoms with van der Waals surface area (Å²) >= 11 is 0. The summed E-state index contributed by atoms with van der Waals surface area (Å²) in [6, 6.07) is 2.01. The van der Waals surface area contributed by atoms with Crippen LogP contribution in [0.3, 0.4) is 0 Å². The molecule has 0 aromatic carbocycles. The molecule has 0 aliphatic rings. The number of nitrogens with zero attached hydrogens (tertiary/aromatic N) is 3. The average molecular weight is 395 g/mol. The highest BCUT2D eigenvalue weighted by atomic mass is 16.6. The van der Waals surface area contributed by atoms with E-state index in [1.807, 2.05) is 37.7 Å². The van der Waals surface area contributed by atoms with E-state index < -0.39 is 11.7 Å². The Morgan fingerprint density at radius 2 is 2.04 bits per heavy atom. The van der Waals surface area contributed by atoms with Crippen LogP contribution >= 0.6 is 0 Å². The molecule has 0 radical (unpaired) electrons. The summed E-state index contributed by atoms with van der Waals surface area (Å²) in [4.78, 5) is 16.3. The summed E-state index contributed by atoms with van der Waals surface area (Å²) in [6.07, 6.45) is 6.46. The SMILES string of the molecule is CCCCC(CNC(=O)OC(C)(C)C)NC(=NC)NCC(C)Cn1cccn1. The topological polar surface area (TPSA) is 92.6 Å². The van der Waals surface area contributed by atoms with E-state index in [0.29, 0.717) is 12.5 Å². The molecule has 1 heterocycles. The lowest BCUT2D eigenvalue weighted by Crippen LogP contribution is -2.49. The molecule has 1 rings (SSSR count). The van der Waals surface area contributed by atoms with Crippen LogP contribution in [0.5, 0.6) is 0 Å². The van der Waals surface area contributed by atoms with Crippen LogP contribution in [-0.4, -0.2) is 53.6 Å². The molecule has 28 heavy (non-hydrogen) atoms. The number of nitrogens with one attached hydrogen (secondary N) is 3. The van der Waals surface area contributed by atoms with Gasteiger partial charge < -0.3 is 20.7 Å². The first kappa shape index (κ1) is 23.8. The largest absolute Gasteiger partial charge is 0.444 e. The van der Waals surface area contributed by atoms with Gasteiger partial charge in [0.15, 0.2) is 5.96 Å². The van der Waals surface area contributed by atoms with Gasteiger partial charge in [-0.15, -0.1) is 0 Å². The number of alkyl carbamates (subject to hydrolysis) is 1. The second-order valence-corrected chi connectivity index (χ2v) is 8.15. The van der Waals surface area contributed by atoms with Crippen molar-refractivity contribution in [2.75, 3.05) is 20.1 Å². The molecule has 0 aliphatic heterocycles. The third kappa shape index (κ3) is 10.8. The van der Waals surface area contributed by atoms with Crippen LogP contribution in [0.2, 0.25) is 0 Å². The highest BCUT2D eigenvalue weighted by Gasteiger charge is 2.18. The Balaban J connectivity index is 2.48. The zero-order chi connectivity index (χ0) is 21.0. The highest BCUT2D eigenvalue weighted by molar-refractivity contribution is 5.80. The van der Waals surface area contributed by atoms with E-state index in [4.69, 9.17) is 4.74 Å². The molecule has 0 aliphatic carbocycles. The predicted molar refractivity (Wildman–Crippen MR) is 113 cm³/mol. The Kier molecular flexibility index (Phi) is 10.4. The van der Waals surface area contributed by atoms with Gasteiger partial charge in [0.1, 0.15) is 5.60 Å². The molecule has 160 valence electrons. The molecule has 1 amide bonds. The zero-order valence-electron chi connectivity index (χ0n) is 18.3. The Hall–Kier alpha value is -2.25. The molecule has 8 heteroatoms. The number of unbranched alkanes of at least 4 members (excludes halogenated alkanes) is 1. The third-order valence-electron chi connectivity index (χ3n) is 4.04. The second kappa shape index (κ2) is 12.3. The summed E-state index contributed by atoms with van der Waals surface area (Å²) in [6.45, 7) is 12.0. The van der Waals surface area contributed by atoms with Crippen LogP contribution in [0.15, 0.2) is 23.5 Å². The lowest BCUT2D eigenvalue weighted by molar-refractivity contribution is 0.0523. The molecular formula is C20H38N6O2. The molecule has 2 atom stereocenters. The van der Waals surface area contributed by atoms with E-state index in [2.05, 4.69) is 39.9 Å². The van der Waals surface area contributed by atoms with Crippen LogP contribution in [0.25, 0.3) is 0 Å². The van der Waals surface area contributed by atoms with E-state index in [1.54, 1.807) is 13.2 Å². The number of hydrogen-bond donors (Lipinski definition) is 3. The maximum Gasteiger partial charge on any atom is 0.407 e. The molecular weight excluding hydrogens is 356 g/mol. The number of guanidine groups is 1. The molecule has 8 nitrogen and oxygen atoms in total. The summed E-state index contributed by atoms with van der Waals surface area (Å²) in [7, 11) is 1.76. The Morgan fingerprint density at radius 3 is 2.61 bits per heavy atom. The number of aromatic nitrogens is 2. The van der Waals surface area contributed by atoms with E-state index in [1.165, 1.54) is 0 Å². The van der Waals surface area contributed by atoms with Crippen LogP contribution in [0, 0.1) is 5.92 Å². The average Bonchev–Trinajstić information content (AvgIpc) is 3.11.